The zero-order valence-corrected chi connectivity index (χ0v) is 13.9. The van der Waals surface area contributed by atoms with Crippen LogP contribution in [0.4, 0.5) is 28.0 Å². The molecule has 3 N–H and O–H groups in total. The number of alkyl halides is 3. The summed E-state index contributed by atoms with van der Waals surface area (Å²) in [6.45, 7) is -0.383. The third-order valence-corrected chi connectivity index (χ3v) is 3.86. The molecular weight excluding hydrogens is 356 g/mol. The van der Waals surface area contributed by atoms with Gasteiger partial charge in [-0.1, -0.05) is 0 Å². The molecule has 6 nitrogen and oxygen atoms in total. The summed E-state index contributed by atoms with van der Waals surface area (Å²) in [6, 6.07) is 4.59. The van der Waals surface area contributed by atoms with Crippen LogP contribution in [-0.2, 0) is 4.79 Å². The van der Waals surface area contributed by atoms with Gasteiger partial charge in [0.1, 0.15) is 5.82 Å². The first-order valence-electron chi connectivity index (χ1n) is 8.07. The molecule has 1 aliphatic rings. The van der Waals surface area contributed by atoms with Crippen LogP contribution in [0.2, 0.25) is 0 Å². The number of urea groups is 1. The Morgan fingerprint density at radius 2 is 1.85 bits per heavy atom. The minimum absolute atomic E-state index is 0.0591. The summed E-state index contributed by atoms with van der Waals surface area (Å²) in [4.78, 5) is 24.6. The lowest BCUT2D eigenvalue weighted by Crippen LogP contribution is -2.42. The molecule has 1 aromatic carbocycles. The zero-order valence-electron chi connectivity index (χ0n) is 13.9. The Morgan fingerprint density at radius 1 is 1.15 bits per heavy atom. The van der Waals surface area contributed by atoms with Crippen molar-refractivity contribution in [3.05, 3.63) is 30.1 Å². The van der Waals surface area contributed by atoms with Gasteiger partial charge in [-0.25, -0.2) is 9.18 Å². The minimum atomic E-state index is -4.22. The van der Waals surface area contributed by atoms with Crippen molar-refractivity contribution in [1.82, 2.24) is 15.5 Å². The van der Waals surface area contributed by atoms with Gasteiger partial charge in [-0.2, -0.15) is 13.2 Å². The Morgan fingerprint density at radius 3 is 2.50 bits per heavy atom. The average molecular weight is 376 g/mol. The maximum atomic E-state index is 12.8. The van der Waals surface area contributed by atoms with Crippen LogP contribution < -0.4 is 16.0 Å². The predicted octanol–water partition coefficient (Wildman–Crippen LogP) is 1.95. The van der Waals surface area contributed by atoms with Gasteiger partial charge in [-0.3, -0.25) is 9.69 Å². The number of likely N-dealkylation sites (tertiary alicyclic amines) is 1. The molecular formula is C16H20F4N4O2. The molecule has 1 heterocycles. The molecule has 2 rings (SSSR count). The highest BCUT2D eigenvalue weighted by molar-refractivity contribution is 5.94. The number of amides is 3. The molecule has 0 radical (unpaired) electrons. The topological polar surface area (TPSA) is 73.5 Å². The lowest BCUT2D eigenvalue weighted by molar-refractivity contribution is -0.143. The molecule has 0 aliphatic carbocycles. The van der Waals surface area contributed by atoms with Crippen LogP contribution in [0, 0.1) is 11.7 Å². The standard InChI is InChI=1S/C16H20F4N4O2/c17-12-1-3-13(4-2-12)23-14(25)8-22-15(26)21-7-11-5-6-24(9-11)10-16(18,19)20/h1-4,11H,5-10H2,(H,23,25)(H2,21,22,26). The smallest absolute Gasteiger partial charge is 0.338 e. The number of anilines is 1. The van der Waals surface area contributed by atoms with Crippen molar-refractivity contribution in [2.75, 3.05) is 38.0 Å². The normalized spacial score (nSPS) is 17.8. The molecule has 1 unspecified atom stereocenters. The summed E-state index contributed by atoms with van der Waals surface area (Å²) in [6.07, 6.45) is -3.65. The largest absolute Gasteiger partial charge is 0.401 e. The monoisotopic (exact) mass is 376 g/mol. The van der Waals surface area contributed by atoms with E-state index in [1.807, 2.05) is 0 Å². The van der Waals surface area contributed by atoms with E-state index in [0.29, 0.717) is 18.7 Å². The molecule has 0 bridgehead atoms. The molecule has 0 saturated carbocycles. The summed E-state index contributed by atoms with van der Waals surface area (Å²) < 4.78 is 49.7. The Bertz CT molecular complexity index is 622. The highest BCUT2D eigenvalue weighted by Gasteiger charge is 2.34. The number of halogens is 4. The fourth-order valence-corrected chi connectivity index (χ4v) is 2.68. The first kappa shape index (κ1) is 20.0. The molecule has 0 spiro atoms. The van der Waals surface area contributed by atoms with Crippen LogP contribution in [0.5, 0.6) is 0 Å². The maximum absolute atomic E-state index is 12.8. The number of rotatable bonds is 6. The molecule has 0 aromatic heterocycles. The second-order valence-corrected chi connectivity index (χ2v) is 6.12. The second kappa shape index (κ2) is 8.84. The highest BCUT2D eigenvalue weighted by Crippen LogP contribution is 2.22. The van der Waals surface area contributed by atoms with Gasteiger partial charge in [0, 0.05) is 18.8 Å². The van der Waals surface area contributed by atoms with E-state index >= 15 is 0 Å². The van der Waals surface area contributed by atoms with Gasteiger partial charge in [0.05, 0.1) is 13.1 Å². The van der Waals surface area contributed by atoms with Gasteiger partial charge >= 0.3 is 12.2 Å². The van der Waals surface area contributed by atoms with E-state index in [2.05, 4.69) is 16.0 Å². The van der Waals surface area contributed by atoms with Crippen molar-refractivity contribution >= 4 is 17.6 Å². The summed E-state index contributed by atoms with van der Waals surface area (Å²) in [7, 11) is 0. The van der Waals surface area contributed by atoms with Crippen molar-refractivity contribution < 1.29 is 27.2 Å². The highest BCUT2D eigenvalue weighted by atomic mass is 19.4. The number of nitrogens with zero attached hydrogens (tertiary/aromatic N) is 1. The van der Waals surface area contributed by atoms with Crippen molar-refractivity contribution in [1.29, 1.82) is 0 Å². The molecule has 1 aliphatic heterocycles. The van der Waals surface area contributed by atoms with E-state index in [9.17, 15) is 27.2 Å². The SMILES string of the molecule is O=C(CNC(=O)NCC1CCN(CC(F)(F)F)C1)Nc1ccc(F)cc1. The van der Waals surface area contributed by atoms with Gasteiger partial charge in [0.2, 0.25) is 5.91 Å². The molecule has 10 heteroatoms. The first-order valence-corrected chi connectivity index (χ1v) is 8.07. The maximum Gasteiger partial charge on any atom is 0.401 e. The molecule has 1 aromatic rings. The summed E-state index contributed by atoms with van der Waals surface area (Å²) in [5.74, 6) is -0.971. The van der Waals surface area contributed by atoms with Gasteiger partial charge in [-0.05, 0) is 43.1 Å². The number of hydrogen-bond donors (Lipinski definition) is 3. The Kier molecular flexibility index (Phi) is 6.78. The Balaban J connectivity index is 1.62. The fraction of sp³-hybridized carbons (Fsp3) is 0.500. The number of benzene rings is 1. The van der Waals surface area contributed by atoms with E-state index in [4.69, 9.17) is 0 Å². The molecule has 1 fully saturated rings. The fourth-order valence-electron chi connectivity index (χ4n) is 2.68. The molecule has 144 valence electrons. The van der Waals surface area contributed by atoms with Crippen LogP contribution >= 0.6 is 0 Å². The van der Waals surface area contributed by atoms with Gasteiger partial charge in [-0.15, -0.1) is 0 Å². The summed E-state index contributed by atoms with van der Waals surface area (Å²) >= 11 is 0. The van der Waals surface area contributed by atoms with E-state index in [-0.39, 0.29) is 25.6 Å². The van der Waals surface area contributed by atoms with Gasteiger partial charge in [0.15, 0.2) is 0 Å². The second-order valence-electron chi connectivity index (χ2n) is 6.12. The number of nitrogens with one attached hydrogen (secondary N) is 3. The molecule has 1 saturated heterocycles. The minimum Gasteiger partial charge on any atom is -0.338 e. The van der Waals surface area contributed by atoms with Crippen LogP contribution in [0.3, 0.4) is 0 Å². The predicted molar refractivity (Wildman–Crippen MR) is 87.0 cm³/mol. The van der Waals surface area contributed by atoms with E-state index < -0.39 is 30.5 Å². The van der Waals surface area contributed by atoms with Gasteiger partial charge in [0.25, 0.3) is 0 Å². The number of hydrogen-bond acceptors (Lipinski definition) is 3. The molecule has 3 amide bonds. The summed E-state index contributed by atoms with van der Waals surface area (Å²) in [5, 5.41) is 7.39. The third-order valence-electron chi connectivity index (χ3n) is 3.86. The first-order chi connectivity index (χ1) is 12.2. The van der Waals surface area contributed by atoms with Crippen LogP contribution in [0.25, 0.3) is 0 Å². The lowest BCUT2D eigenvalue weighted by Gasteiger charge is -2.18. The van der Waals surface area contributed by atoms with Crippen molar-refractivity contribution in [2.45, 2.75) is 12.6 Å². The van der Waals surface area contributed by atoms with Crippen LogP contribution in [-0.4, -0.2) is 55.7 Å². The van der Waals surface area contributed by atoms with E-state index in [1.54, 1.807) is 0 Å². The van der Waals surface area contributed by atoms with E-state index in [0.717, 1.165) is 0 Å². The van der Waals surface area contributed by atoms with Crippen LogP contribution in [0.15, 0.2) is 24.3 Å². The Hall–Kier alpha value is -2.36. The summed E-state index contributed by atoms with van der Waals surface area (Å²) in [5.41, 5.74) is 0.398. The van der Waals surface area contributed by atoms with Gasteiger partial charge < -0.3 is 16.0 Å². The Labute approximate surface area is 147 Å². The molecule has 1 atom stereocenters. The number of carbonyl (C=O) groups excluding carboxylic acids is 2. The molecule has 26 heavy (non-hydrogen) atoms. The van der Waals surface area contributed by atoms with E-state index in [1.165, 1.54) is 29.2 Å². The average Bonchev–Trinajstić information content (AvgIpc) is 2.98. The lowest BCUT2D eigenvalue weighted by atomic mass is 10.1. The third kappa shape index (κ3) is 7.26. The number of carbonyl (C=O) groups is 2. The quantitative estimate of drug-likeness (QED) is 0.665. The van der Waals surface area contributed by atoms with Crippen molar-refractivity contribution in [2.24, 2.45) is 5.92 Å². The van der Waals surface area contributed by atoms with Crippen molar-refractivity contribution in [3.8, 4) is 0 Å². The van der Waals surface area contributed by atoms with Crippen LogP contribution in [0.1, 0.15) is 6.42 Å². The van der Waals surface area contributed by atoms with Crippen molar-refractivity contribution in [3.63, 3.8) is 0 Å². The zero-order chi connectivity index (χ0) is 19.2.